The van der Waals surface area contributed by atoms with Gasteiger partial charge in [-0.1, -0.05) is 30.7 Å². The molecule has 0 bridgehead atoms. The van der Waals surface area contributed by atoms with E-state index in [1.807, 2.05) is 18.2 Å². The maximum Gasteiger partial charge on any atom is 0.115 e. The number of hydrogen-bond donors (Lipinski definition) is 2. The minimum absolute atomic E-state index is 0.160. The van der Waals surface area contributed by atoms with Crippen molar-refractivity contribution < 1.29 is 10.2 Å². The van der Waals surface area contributed by atoms with Gasteiger partial charge >= 0.3 is 0 Å². The summed E-state index contributed by atoms with van der Waals surface area (Å²) < 4.78 is 0. The first-order valence-corrected chi connectivity index (χ1v) is 9.82. The van der Waals surface area contributed by atoms with Crippen LogP contribution in [0.2, 0.25) is 0 Å². The van der Waals surface area contributed by atoms with Crippen molar-refractivity contribution >= 4 is 11.6 Å². The summed E-state index contributed by atoms with van der Waals surface area (Å²) in [4.78, 5) is 0. The fourth-order valence-electron chi connectivity index (χ4n) is 6.41. The topological polar surface area (TPSA) is 40.5 Å². The number of hydrogen-bond acceptors (Lipinski definition) is 2. The van der Waals surface area contributed by atoms with Crippen molar-refractivity contribution in [1.82, 2.24) is 0 Å². The van der Waals surface area contributed by atoms with Crippen LogP contribution < -0.4 is 0 Å². The molecule has 0 spiro atoms. The van der Waals surface area contributed by atoms with Gasteiger partial charge in [0, 0.05) is 11.0 Å². The minimum atomic E-state index is -0.819. The summed E-state index contributed by atoms with van der Waals surface area (Å²) in [6, 6.07) is 5.86. The van der Waals surface area contributed by atoms with Crippen LogP contribution >= 0.6 is 11.6 Å². The molecule has 2 fully saturated rings. The van der Waals surface area contributed by atoms with Crippen molar-refractivity contribution in [3.8, 4) is 5.75 Å². The third-order valence-corrected chi connectivity index (χ3v) is 7.74. The van der Waals surface area contributed by atoms with Crippen molar-refractivity contribution in [3.63, 3.8) is 0 Å². The maximum atomic E-state index is 11.3. The van der Waals surface area contributed by atoms with E-state index in [0.29, 0.717) is 29.4 Å². The van der Waals surface area contributed by atoms with Crippen LogP contribution in [0.1, 0.15) is 49.7 Å². The molecule has 3 aliphatic rings. The van der Waals surface area contributed by atoms with Gasteiger partial charge in [-0.2, -0.15) is 0 Å². The molecule has 1 aromatic rings. The Morgan fingerprint density at radius 2 is 2.12 bits per heavy atom. The zero-order valence-corrected chi connectivity index (χ0v) is 15.5. The normalized spacial score (nSPS) is 42.7. The SMILES string of the molecule is C=C[C@H]1C[C@@]2(C)[C@@H](CC[C@@]2(O)/C=C\Cl)[C@@H]2CCc3cc(O)ccc3[C@H]21. The van der Waals surface area contributed by atoms with E-state index in [2.05, 4.69) is 25.6 Å². The summed E-state index contributed by atoms with van der Waals surface area (Å²) in [6.07, 6.45) is 8.78. The molecule has 134 valence electrons. The first kappa shape index (κ1) is 17.2. The number of aryl methyl sites for hydroxylation is 1. The molecule has 0 radical (unpaired) electrons. The zero-order valence-electron chi connectivity index (χ0n) is 14.8. The summed E-state index contributed by atoms with van der Waals surface area (Å²) >= 11 is 5.87. The Kier molecular flexibility index (Phi) is 4.05. The summed E-state index contributed by atoms with van der Waals surface area (Å²) in [5.41, 5.74) is 3.17. The lowest BCUT2D eigenvalue weighted by molar-refractivity contribution is -0.0824. The molecular formula is C22H27ClO2. The van der Waals surface area contributed by atoms with Gasteiger partial charge in [-0.25, -0.2) is 0 Å². The molecule has 0 aromatic heterocycles. The summed E-state index contributed by atoms with van der Waals surface area (Å²) in [5, 5.41) is 21.2. The number of aliphatic hydroxyl groups is 1. The van der Waals surface area contributed by atoms with E-state index in [4.69, 9.17) is 11.6 Å². The predicted octanol–water partition coefficient (Wildman–Crippen LogP) is 5.14. The van der Waals surface area contributed by atoms with Crippen molar-refractivity contribution in [2.45, 2.75) is 50.5 Å². The third kappa shape index (κ3) is 2.34. The number of rotatable bonds is 2. The van der Waals surface area contributed by atoms with Crippen molar-refractivity contribution in [2.75, 3.05) is 0 Å². The van der Waals surface area contributed by atoms with Gasteiger partial charge < -0.3 is 10.2 Å². The number of allylic oxidation sites excluding steroid dienone is 1. The van der Waals surface area contributed by atoms with Gasteiger partial charge in [0.2, 0.25) is 0 Å². The largest absolute Gasteiger partial charge is 0.508 e. The molecule has 1 aromatic carbocycles. The molecule has 25 heavy (non-hydrogen) atoms. The molecule has 4 rings (SSSR count). The van der Waals surface area contributed by atoms with Crippen molar-refractivity contribution in [3.05, 3.63) is 53.6 Å². The lowest BCUT2D eigenvalue weighted by Gasteiger charge is -2.55. The summed E-state index contributed by atoms with van der Waals surface area (Å²) in [7, 11) is 0. The van der Waals surface area contributed by atoms with Crippen LogP contribution in [0, 0.1) is 23.2 Å². The Morgan fingerprint density at radius 1 is 1.32 bits per heavy atom. The lowest BCUT2D eigenvalue weighted by Crippen LogP contribution is -2.52. The number of phenols is 1. The van der Waals surface area contributed by atoms with Gasteiger partial charge in [-0.15, -0.1) is 6.58 Å². The highest BCUT2D eigenvalue weighted by molar-refractivity contribution is 6.25. The Labute approximate surface area is 155 Å². The van der Waals surface area contributed by atoms with Gasteiger partial charge in [-0.3, -0.25) is 0 Å². The van der Waals surface area contributed by atoms with Crippen LogP contribution in [0.4, 0.5) is 0 Å². The molecule has 6 atom stereocenters. The van der Waals surface area contributed by atoms with E-state index >= 15 is 0 Å². The fourth-order valence-corrected chi connectivity index (χ4v) is 6.61. The zero-order chi connectivity index (χ0) is 17.8. The van der Waals surface area contributed by atoms with E-state index in [9.17, 15) is 10.2 Å². The number of benzene rings is 1. The van der Waals surface area contributed by atoms with Gasteiger partial charge in [0.25, 0.3) is 0 Å². The lowest BCUT2D eigenvalue weighted by atomic mass is 9.50. The van der Waals surface area contributed by atoms with Crippen LogP contribution in [0.15, 0.2) is 42.5 Å². The Bertz CT molecular complexity index is 727. The molecule has 3 heteroatoms. The summed E-state index contributed by atoms with van der Waals surface area (Å²) in [5.74, 6) is 2.19. The van der Waals surface area contributed by atoms with Gasteiger partial charge in [0.15, 0.2) is 0 Å². The predicted molar refractivity (Wildman–Crippen MR) is 102 cm³/mol. The average Bonchev–Trinajstić information content (AvgIpc) is 2.85. The van der Waals surface area contributed by atoms with Crippen LogP contribution in [0.3, 0.4) is 0 Å². The molecule has 2 N–H and O–H groups in total. The Morgan fingerprint density at radius 3 is 2.84 bits per heavy atom. The average molecular weight is 359 g/mol. The standard InChI is InChI=1S/C22H27ClO2/c1-3-14-13-21(2)19(8-9-22(21,25)10-11-23)18-6-4-15-12-16(24)5-7-17(15)20(14)18/h3,5,7,10-12,14,18-20,24-25H,1,4,6,8-9,13H2,2H3/b11-10-/t14-,18-,19-,20+,21-,22+/m0/s1. The second-order valence-corrected chi connectivity index (χ2v) is 8.75. The van der Waals surface area contributed by atoms with Gasteiger partial charge in [0.05, 0.1) is 5.60 Å². The minimum Gasteiger partial charge on any atom is -0.508 e. The second kappa shape index (κ2) is 5.89. The maximum absolute atomic E-state index is 11.3. The first-order valence-electron chi connectivity index (χ1n) is 9.38. The van der Waals surface area contributed by atoms with E-state index in [1.54, 1.807) is 0 Å². The molecule has 2 nitrogen and oxygen atoms in total. The number of fused-ring (bicyclic) bond motifs is 5. The molecule has 0 unspecified atom stereocenters. The van der Waals surface area contributed by atoms with E-state index in [0.717, 1.165) is 32.1 Å². The number of phenolic OH excluding ortho intramolecular Hbond substituents is 1. The highest BCUT2D eigenvalue weighted by atomic mass is 35.5. The third-order valence-electron chi connectivity index (χ3n) is 7.62. The Hall–Kier alpha value is -1.25. The van der Waals surface area contributed by atoms with Gasteiger partial charge in [-0.05, 0) is 85.1 Å². The fraction of sp³-hybridized carbons (Fsp3) is 0.545. The molecule has 0 aliphatic heterocycles. The monoisotopic (exact) mass is 358 g/mol. The second-order valence-electron chi connectivity index (χ2n) is 8.49. The van der Waals surface area contributed by atoms with Crippen molar-refractivity contribution in [2.24, 2.45) is 23.2 Å². The van der Waals surface area contributed by atoms with Crippen LogP contribution in [-0.2, 0) is 6.42 Å². The molecule has 0 heterocycles. The van der Waals surface area contributed by atoms with Crippen LogP contribution in [0.25, 0.3) is 0 Å². The highest BCUT2D eigenvalue weighted by Gasteiger charge is 2.62. The first-order chi connectivity index (χ1) is 11.9. The number of aromatic hydroxyl groups is 1. The van der Waals surface area contributed by atoms with E-state index in [-0.39, 0.29) is 5.41 Å². The molecule has 0 saturated heterocycles. The molecule has 2 saturated carbocycles. The van der Waals surface area contributed by atoms with E-state index < -0.39 is 5.60 Å². The smallest absolute Gasteiger partial charge is 0.115 e. The molecular weight excluding hydrogens is 332 g/mol. The quantitative estimate of drug-likeness (QED) is 0.718. The van der Waals surface area contributed by atoms with Gasteiger partial charge in [0.1, 0.15) is 5.75 Å². The van der Waals surface area contributed by atoms with Crippen LogP contribution in [0.5, 0.6) is 5.75 Å². The Balaban J connectivity index is 1.79. The van der Waals surface area contributed by atoms with E-state index in [1.165, 1.54) is 16.7 Å². The van der Waals surface area contributed by atoms with Crippen molar-refractivity contribution in [1.29, 1.82) is 0 Å². The molecule has 0 amide bonds. The van der Waals surface area contributed by atoms with Crippen LogP contribution in [-0.4, -0.2) is 15.8 Å². The number of halogens is 1. The molecule has 3 aliphatic carbocycles. The highest BCUT2D eigenvalue weighted by Crippen LogP contribution is 2.66. The summed E-state index contributed by atoms with van der Waals surface area (Å²) in [6.45, 7) is 6.38.